The van der Waals surface area contributed by atoms with E-state index in [1.54, 1.807) is 19.2 Å². The molecule has 0 aromatic carbocycles. The number of hydrogen-bond acceptors (Lipinski definition) is 2. The van der Waals surface area contributed by atoms with E-state index in [4.69, 9.17) is 18.0 Å². The Morgan fingerprint density at radius 2 is 1.94 bits per heavy atom. The van der Waals surface area contributed by atoms with E-state index >= 15 is 0 Å². The molecule has 0 rings (SSSR count). The predicted octanol–water partition coefficient (Wildman–Crippen LogP) is 1.30. The number of thiocarbonyl (C=S) groups is 1. The van der Waals surface area contributed by atoms with Crippen LogP contribution in [-0.2, 0) is 0 Å². The molecule has 0 aromatic heterocycles. The summed E-state index contributed by atoms with van der Waals surface area (Å²) in [6.07, 6.45) is -4.05. The van der Waals surface area contributed by atoms with E-state index in [0.29, 0.717) is 6.42 Å². The van der Waals surface area contributed by atoms with Crippen molar-refractivity contribution in [3.63, 3.8) is 0 Å². The third-order valence-electron chi connectivity index (χ3n) is 2.09. The highest BCUT2D eigenvalue weighted by atomic mass is 32.1. The second kappa shape index (κ2) is 5.33. The fraction of sp³-hybridized carbons (Fsp3) is 0.750. The fourth-order valence-electron chi connectivity index (χ4n) is 0.799. The first kappa shape index (κ1) is 14.9. The molecule has 4 nitrogen and oxygen atoms in total. The van der Waals surface area contributed by atoms with Crippen LogP contribution in [0.15, 0.2) is 0 Å². The number of halogens is 3. The zero-order chi connectivity index (χ0) is 13.0. The van der Waals surface area contributed by atoms with Gasteiger partial charge in [0, 0.05) is 0 Å². The maximum Gasteiger partial charge on any atom is 0.405 e. The van der Waals surface area contributed by atoms with Gasteiger partial charge in [-0.3, -0.25) is 0 Å². The van der Waals surface area contributed by atoms with Crippen LogP contribution in [0.25, 0.3) is 0 Å². The Bertz CT molecular complexity index is 282. The first-order valence-electron chi connectivity index (χ1n) is 4.53. The minimum absolute atomic E-state index is 0.0251. The van der Waals surface area contributed by atoms with Gasteiger partial charge in [-0.1, -0.05) is 19.1 Å². The number of amides is 2. The number of hydrogen-bond donors (Lipinski definition) is 3. The summed E-state index contributed by atoms with van der Waals surface area (Å²) >= 11 is 4.72. The number of alkyl halides is 3. The number of carbonyl (C=O) groups is 1. The fourth-order valence-corrected chi connectivity index (χ4v) is 0.995. The molecule has 0 radical (unpaired) electrons. The van der Waals surface area contributed by atoms with Crippen molar-refractivity contribution in [1.82, 2.24) is 10.6 Å². The van der Waals surface area contributed by atoms with Crippen LogP contribution in [0.2, 0.25) is 0 Å². The summed E-state index contributed by atoms with van der Waals surface area (Å²) in [6.45, 7) is 1.86. The van der Waals surface area contributed by atoms with Gasteiger partial charge in [0.05, 0.1) is 10.5 Å². The molecular weight excluding hydrogens is 243 g/mol. The van der Waals surface area contributed by atoms with Gasteiger partial charge in [-0.05, 0) is 13.3 Å². The minimum atomic E-state index is -4.44. The number of urea groups is 1. The molecule has 16 heavy (non-hydrogen) atoms. The molecule has 2 amide bonds. The Morgan fingerprint density at radius 3 is 2.25 bits per heavy atom. The van der Waals surface area contributed by atoms with Crippen LogP contribution >= 0.6 is 12.2 Å². The van der Waals surface area contributed by atoms with Gasteiger partial charge in [-0.15, -0.1) is 0 Å². The van der Waals surface area contributed by atoms with Gasteiger partial charge in [0.2, 0.25) is 0 Å². The third-order valence-corrected chi connectivity index (χ3v) is 2.54. The van der Waals surface area contributed by atoms with Crippen molar-refractivity contribution in [2.24, 2.45) is 5.73 Å². The van der Waals surface area contributed by atoms with Gasteiger partial charge in [-0.25, -0.2) is 4.79 Å². The van der Waals surface area contributed by atoms with Crippen LogP contribution < -0.4 is 16.4 Å². The summed E-state index contributed by atoms with van der Waals surface area (Å²) in [5.41, 5.74) is 4.40. The summed E-state index contributed by atoms with van der Waals surface area (Å²) in [5, 5.41) is 3.98. The van der Waals surface area contributed by atoms with E-state index < -0.39 is 24.3 Å². The molecule has 0 heterocycles. The van der Waals surface area contributed by atoms with Crippen LogP contribution in [0, 0.1) is 0 Å². The van der Waals surface area contributed by atoms with Crippen LogP contribution in [0.5, 0.6) is 0 Å². The maximum absolute atomic E-state index is 11.8. The molecule has 0 saturated carbocycles. The van der Waals surface area contributed by atoms with Crippen molar-refractivity contribution in [3.8, 4) is 0 Å². The zero-order valence-electron chi connectivity index (χ0n) is 8.94. The lowest BCUT2D eigenvalue weighted by Gasteiger charge is -2.28. The second-order valence-corrected chi connectivity index (χ2v) is 3.91. The van der Waals surface area contributed by atoms with Crippen molar-refractivity contribution < 1.29 is 18.0 Å². The van der Waals surface area contributed by atoms with E-state index in [1.165, 1.54) is 0 Å². The molecule has 0 fully saturated rings. The molecule has 0 aromatic rings. The lowest BCUT2D eigenvalue weighted by atomic mass is 9.99. The van der Waals surface area contributed by atoms with Gasteiger partial charge in [-0.2, -0.15) is 13.2 Å². The van der Waals surface area contributed by atoms with Crippen molar-refractivity contribution in [3.05, 3.63) is 0 Å². The van der Waals surface area contributed by atoms with Crippen LogP contribution in [0.3, 0.4) is 0 Å². The zero-order valence-corrected chi connectivity index (χ0v) is 9.76. The second-order valence-electron chi connectivity index (χ2n) is 3.47. The molecule has 0 saturated heterocycles. The first-order valence-corrected chi connectivity index (χ1v) is 4.94. The largest absolute Gasteiger partial charge is 0.405 e. The van der Waals surface area contributed by atoms with Crippen molar-refractivity contribution in [1.29, 1.82) is 0 Å². The van der Waals surface area contributed by atoms with Gasteiger partial charge in [0.25, 0.3) is 0 Å². The molecule has 0 bridgehead atoms. The third kappa shape index (κ3) is 5.15. The van der Waals surface area contributed by atoms with Crippen molar-refractivity contribution >= 4 is 23.2 Å². The van der Waals surface area contributed by atoms with Gasteiger partial charge < -0.3 is 16.4 Å². The number of rotatable bonds is 4. The molecule has 0 aliphatic rings. The van der Waals surface area contributed by atoms with Gasteiger partial charge >= 0.3 is 12.2 Å². The van der Waals surface area contributed by atoms with Crippen LogP contribution in [0.1, 0.15) is 20.3 Å². The lowest BCUT2D eigenvalue weighted by molar-refractivity contribution is -0.122. The van der Waals surface area contributed by atoms with Crippen LogP contribution in [-0.4, -0.2) is 29.3 Å². The smallest absolute Gasteiger partial charge is 0.391 e. The Hall–Kier alpha value is -1.05. The maximum atomic E-state index is 11.8. The standard InChI is InChI=1S/C8H14F3N3OS/c1-3-7(2,5(12)16)14-6(15)13-4-8(9,10)11/h3-4H2,1-2H3,(H2,12,16)(H2,13,14,15). The molecule has 1 atom stereocenters. The molecule has 1 unspecified atom stereocenters. The van der Waals surface area contributed by atoms with Crippen LogP contribution in [0.4, 0.5) is 18.0 Å². The average Bonchev–Trinajstić information content (AvgIpc) is 2.13. The Labute approximate surface area is 96.8 Å². The van der Waals surface area contributed by atoms with E-state index in [-0.39, 0.29) is 4.99 Å². The van der Waals surface area contributed by atoms with E-state index in [2.05, 4.69) is 5.32 Å². The molecular formula is C8H14F3N3OS. The average molecular weight is 257 g/mol. The SMILES string of the molecule is CCC(C)(NC(=O)NCC(F)(F)F)C(N)=S. The lowest BCUT2D eigenvalue weighted by Crippen LogP contribution is -2.57. The van der Waals surface area contributed by atoms with Crippen molar-refractivity contribution in [2.75, 3.05) is 6.54 Å². The summed E-state index contributed by atoms with van der Waals surface area (Å²) < 4.78 is 35.4. The summed E-state index contributed by atoms with van der Waals surface area (Å²) in [6, 6.07) is -0.950. The molecule has 0 aliphatic heterocycles. The highest BCUT2D eigenvalue weighted by Crippen LogP contribution is 2.13. The molecule has 0 aliphatic carbocycles. The van der Waals surface area contributed by atoms with E-state index in [0.717, 1.165) is 0 Å². The highest BCUT2D eigenvalue weighted by Gasteiger charge is 2.31. The Kier molecular flexibility index (Phi) is 4.98. The van der Waals surface area contributed by atoms with E-state index in [1.807, 2.05) is 0 Å². The Morgan fingerprint density at radius 1 is 1.44 bits per heavy atom. The number of nitrogens with one attached hydrogen (secondary N) is 2. The topological polar surface area (TPSA) is 67.2 Å². The van der Waals surface area contributed by atoms with E-state index in [9.17, 15) is 18.0 Å². The monoisotopic (exact) mass is 257 g/mol. The summed E-state index contributed by atoms with van der Waals surface area (Å²) in [4.78, 5) is 11.2. The normalized spacial score (nSPS) is 15.1. The molecule has 4 N–H and O–H groups in total. The number of carbonyl (C=O) groups excluding carboxylic acids is 1. The minimum Gasteiger partial charge on any atom is -0.391 e. The predicted molar refractivity (Wildman–Crippen MR) is 58.1 cm³/mol. The highest BCUT2D eigenvalue weighted by molar-refractivity contribution is 7.80. The Balaban J connectivity index is 4.28. The quantitative estimate of drug-likeness (QED) is 0.665. The summed E-state index contributed by atoms with van der Waals surface area (Å²) in [7, 11) is 0. The summed E-state index contributed by atoms with van der Waals surface area (Å²) in [5.74, 6) is 0. The first-order chi connectivity index (χ1) is 7.10. The van der Waals surface area contributed by atoms with Crippen molar-refractivity contribution in [2.45, 2.75) is 32.0 Å². The molecule has 0 spiro atoms. The molecule has 94 valence electrons. The van der Waals surface area contributed by atoms with Gasteiger partial charge in [0.15, 0.2) is 0 Å². The number of nitrogens with two attached hydrogens (primary N) is 1. The van der Waals surface area contributed by atoms with Gasteiger partial charge in [0.1, 0.15) is 6.54 Å². The molecule has 8 heteroatoms.